The third kappa shape index (κ3) is 3.06. The molecule has 0 unspecified atom stereocenters. The fourth-order valence-corrected chi connectivity index (χ4v) is 2.38. The lowest BCUT2D eigenvalue weighted by Crippen LogP contribution is -2.48. The van der Waals surface area contributed by atoms with Crippen LogP contribution in [-0.4, -0.2) is 35.5 Å². The van der Waals surface area contributed by atoms with Crippen LogP contribution in [0.4, 0.5) is 0 Å². The summed E-state index contributed by atoms with van der Waals surface area (Å²) >= 11 is 0. The molecular weight excluding hydrogens is 230 g/mol. The van der Waals surface area contributed by atoms with Crippen molar-refractivity contribution in [3.05, 3.63) is 12.7 Å². The molecule has 1 amide bonds. The lowest BCUT2D eigenvalue weighted by atomic mass is 9.71. The van der Waals surface area contributed by atoms with Gasteiger partial charge in [-0.15, -0.1) is 6.58 Å². The molecule has 18 heavy (non-hydrogen) atoms. The average molecular weight is 251 g/mol. The number of hydrogen-bond donors (Lipinski definition) is 0. The Morgan fingerprint density at radius 1 is 1.39 bits per heavy atom. The number of rotatable bonds is 4. The molecule has 0 bridgehead atoms. The monoisotopic (exact) mass is 251 g/mol. The van der Waals surface area contributed by atoms with Gasteiger partial charge in [0.1, 0.15) is 0 Å². The molecular formula is C14H21NO3. The van der Waals surface area contributed by atoms with Crippen LogP contribution in [0.25, 0.3) is 0 Å². The molecule has 0 radical (unpaired) electrons. The Morgan fingerprint density at radius 2 is 1.89 bits per heavy atom. The molecule has 0 atom stereocenters. The van der Waals surface area contributed by atoms with Crippen molar-refractivity contribution >= 4 is 17.5 Å². The molecule has 1 saturated carbocycles. The first-order valence-electron chi connectivity index (χ1n) is 6.27. The second-order valence-electron chi connectivity index (χ2n) is 5.55. The van der Waals surface area contributed by atoms with Crippen molar-refractivity contribution in [3.8, 4) is 0 Å². The summed E-state index contributed by atoms with van der Waals surface area (Å²) in [4.78, 5) is 37.7. The van der Waals surface area contributed by atoms with E-state index >= 15 is 0 Å². The Hall–Kier alpha value is -1.45. The minimum atomic E-state index is -1.09. The summed E-state index contributed by atoms with van der Waals surface area (Å²) in [5, 5.41) is 0. The third-order valence-corrected chi connectivity index (χ3v) is 3.24. The maximum atomic E-state index is 12.2. The predicted molar refractivity (Wildman–Crippen MR) is 69.0 cm³/mol. The van der Waals surface area contributed by atoms with Crippen LogP contribution in [0, 0.1) is 11.3 Å². The van der Waals surface area contributed by atoms with Crippen LogP contribution in [0.1, 0.15) is 33.6 Å². The highest BCUT2D eigenvalue weighted by molar-refractivity contribution is 6.20. The number of amides is 1. The zero-order chi connectivity index (χ0) is 13.9. The first kappa shape index (κ1) is 14.6. The molecule has 1 aliphatic rings. The van der Waals surface area contributed by atoms with Gasteiger partial charge in [0, 0.05) is 25.9 Å². The number of nitrogens with zero attached hydrogens (tertiary/aromatic N) is 1. The van der Waals surface area contributed by atoms with Gasteiger partial charge in [-0.3, -0.25) is 14.4 Å². The SMILES string of the molecule is C=CCN(CC)C(=O)C1C(=O)CC(C)(C)CC1=O. The number of likely N-dealkylation sites (N-methyl/N-ethyl adjacent to an activating group) is 1. The van der Waals surface area contributed by atoms with Crippen LogP contribution < -0.4 is 0 Å². The van der Waals surface area contributed by atoms with Crippen LogP contribution in [0.5, 0.6) is 0 Å². The van der Waals surface area contributed by atoms with Gasteiger partial charge in [-0.05, 0) is 12.3 Å². The number of hydrogen-bond acceptors (Lipinski definition) is 3. The highest BCUT2D eigenvalue weighted by atomic mass is 16.2. The Morgan fingerprint density at radius 3 is 2.28 bits per heavy atom. The van der Waals surface area contributed by atoms with E-state index in [0.29, 0.717) is 25.9 Å². The molecule has 0 aromatic heterocycles. The lowest BCUT2D eigenvalue weighted by Gasteiger charge is -2.33. The maximum Gasteiger partial charge on any atom is 0.240 e. The van der Waals surface area contributed by atoms with E-state index in [1.807, 2.05) is 20.8 Å². The van der Waals surface area contributed by atoms with E-state index in [0.717, 1.165) is 0 Å². The van der Waals surface area contributed by atoms with Crippen molar-refractivity contribution < 1.29 is 14.4 Å². The van der Waals surface area contributed by atoms with Crippen LogP contribution in [0.3, 0.4) is 0 Å². The van der Waals surface area contributed by atoms with Crippen molar-refractivity contribution in [2.24, 2.45) is 11.3 Å². The summed E-state index contributed by atoms with van der Waals surface area (Å²) in [6, 6.07) is 0. The van der Waals surface area contributed by atoms with Crippen molar-refractivity contribution in [2.75, 3.05) is 13.1 Å². The van der Waals surface area contributed by atoms with Gasteiger partial charge >= 0.3 is 0 Å². The average Bonchev–Trinajstić information content (AvgIpc) is 2.22. The minimum absolute atomic E-state index is 0.247. The summed E-state index contributed by atoms with van der Waals surface area (Å²) < 4.78 is 0. The summed E-state index contributed by atoms with van der Waals surface area (Å²) in [5.41, 5.74) is -0.319. The molecule has 0 aliphatic heterocycles. The standard InChI is InChI=1S/C14H21NO3/c1-5-7-15(6-2)13(18)12-10(16)8-14(3,4)9-11(12)17/h5,12H,1,6-9H2,2-4H3. The summed E-state index contributed by atoms with van der Waals surface area (Å²) in [7, 11) is 0. The molecule has 1 aliphatic carbocycles. The van der Waals surface area contributed by atoms with Crippen LogP contribution in [-0.2, 0) is 14.4 Å². The van der Waals surface area contributed by atoms with Gasteiger partial charge in [-0.1, -0.05) is 19.9 Å². The van der Waals surface area contributed by atoms with Gasteiger partial charge in [0.05, 0.1) is 0 Å². The summed E-state index contributed by atoms with van der Waals surface area (Å²) in [6.45, 7) is 10.0. The molecule has 4 nitrogen and oxygen atoms in total. The molecule has 0 aromatic carbocycles. The van der Waals surface area contributed by atoms with E-state index in [4.69, 9.17) is 0 Å². The number of carbonyl (C=O) groups is 3. The molecule has 0 spiro atoms. The van der Waals surface area contributed by atoms with E-state index in [9.17, 15) is 14.4 Å². The highest BCUT2D eigenvalue weighted by Gasteiger charge is 2.44. The quantitative estimate of drug-likeness (QED) is 0.563. The fraction of sp³-hybridized carbons (Fsp3) is 0.643. The zero-order valence-electron chi connectivity index (χ0n) is 11.4. The first-order valence-corrected chi connectivity index (χ1v) is 6.27. The summed E-state index contributed by atoms with van der Waals surface area (Å²) in [6.07, 6.45) is 2.19. The van der Waals surface area contributed by atoms with Gasteiger partial charge < -0.3 is 4.90 Å². The van der Waals surface area contributed by atoms with E-state index in [2.05, 4.69) is 6.58 Å². The third-order valence-electron chi connectivity index (χ3n) is 3.24. The van der Waals surface area contributed by atoms with Gasteiger partial charge in [0.25, 0.3) is 0 Å². The molecule has 0 aromatic rings. The first-order chi connectivity index (χ1) is 8.32. The van der Waals surface area contributed by atoms with Gasteiger partial charge in [-0.25, -0.2) is 0 Å². The smallest absolute Gasteiger partial charge is 0.240 e. The van der Waals surface area contributed by atoms with Crippen LogP contribution >= 0.6 is 0 Å². The fourth-order valence-electron chi connectivity index (χ4n) is 2.38. The van der Waals surface area contributed by atoms with Crippen molar-refractivity contribution in [1.29, 1.82) is 0 Å². The number of carbonyl (C=O) groups excluding carboxylic acids is 3. The molecule has 1 rings (SSSR count). The molecule has 0 N–H and O–H groups in total. The molecule has 1 fully saturated rings. The predicted octanol–water partition coefficient (Wildman–Crippen LogP) is 1.60. The second kappa shape index (κ2) is 5.46. The molecule has 100 valence electrons. The van der Waals surface area contributed by atoms with Crippen molar-refractivity contribution in [2.45, 2.75) is 33.6 Å². The maximum absolute atomic E-state index is 12.2. The summed E-state index contributed by atoms with van der Waals surface area (Å²) in [5.74, 6) is -1.95. The van der Waals surface area contributed by atoms with Crippen molar-refractivity contribution in [3.63, 3.8) is 0 Å². The largest absolute Gasteiger partial charge is 0.338 e. The molecule has 4 heteroatoms. The van der Waals surface area contributed by atoms with E-state index in [1.54, 1.807) is 6.08 Å². The Labute approximate surface area is 108 Å². The number of Topliss-reactive ketones (excluding diaryl/α,β-unsaturated/α-hetero) is 2. The van der Waals surface area contributed by atoms with Crippen LogP contribution in [0.2, 0.25) is 0 Å². The Bertz CT molecular complexity index is 365. The van der Waals surface area contributed by atoms with Gasteiger partial charge in [0.15, 0.2) is 17.5 Å². The van der Waals surface area contributed by atoms with E-state index < -0.39 is 5.92 Å². The van der Waals surface area contributed by atoms with E-state index in [-0.39, 0.29) is 22.9 Å². The van der Waals surface area contributed by atoms with Gasteiger partial charge in [-0.2, -0.15) is 0 Å². The topological polar surface area (TPSA) is 54.5 Å². The van der Waals surface area contributed by atoms with Gasteiger partial charge in [0.2, 0.25) is 5.91 Å². The molecule has 0 saturated heterocycles. The van der Waals surface area contributed by atoms with Crippen molar-refractivity contribution in [1.82, 2.24) is 4.90 Å². The number of ketones is 2. The Balaban J connectivity index is 2.89. The van der Waals surface area contributed by atoms with E-state index in [1.165, 1.54) is 4.90 Å². The second-order valence-corrected chi connectivity index (χ2v) is 5.55. The lowest BCUT2D eigenvalue weighted by molar-refractivity contribution is -0.150. The zero-order valence-corrected chi connectivity index (χ0v) is 11.4. The van der Waals surface area contributed by atoms with Crippen LogP contribution in [0.15, 0.2) is 12.7 Å². The Kier molecular flexibility index (Phi) is 4.43. The highest BCUT2D eigenvalue weighted by Crippen LogP contribution is 2.34. The normalized spacial score (nSPS) is 19.7. The molecule has 0 heterocycles. The minimum Gasteiger partial charge on any atom is -0.338 e.